The Morgan fingerprint density at radius 3 is 2.93 bits per heavy atom. The van der Waals surface area contributed by atoms with Crippen LogP contribution in [-0.4, -0.2) is 16.3 Å². The first kappa shape index (κ1) is 9.43. The van der Waals surface area contributed by atoms with Gasteiger partial charge < -0.3 is 14.6 Å². The van der Waals surface area contributed by atoms with Crippen LogP contribution in [0.15, 0.2) is 15.3 Å². The molecule has 0 unspecified atom stereocenters. The molecule has 2 N–H and O–H groups in total. The van der Waals surface area contributed by atoms with Crippen molar-refractivity contribution < 1.29 is 14.6 Å². The molecule has 2 atom stereocenters. The molecule has 1 aliphatic rings. The van der Waals surface area contributed by atoms with E-state index in [1.54, 1.807) is 6.92 Å². The highest BCUT2D eigenvalue weighted by Crippen LogP contribution is 2.27. The summed E-state index contributed by atoms with van der Waals surface area (Å²) in [6, 6.07) is 1.36. The number of fused-ring (bicyclic) bond motifs is 1. The Balaban J connectivity index is 2.59. The Labute approximate surface area is 80.8 Å². The van der Waals surface area contributed by atoms with Gasteiger partial charge in [-0.3, -0.25) is 4.79 Å². The normalized spacial score (nSPS) is 25.9. The van der Waals surface area contributed by atoms with Crippen molar-refractivity contribution in [2.75, 3.05) is 0 Å². The van der Waals surface area contributed by atoms with E-state index in [2.05, 4.69) is 0 Å². The summed E-state index contributed by atoms with van der Waals surface area (Å²) >= 11 is 0. The van der Waals surface area contributed by atoms with Gasteiger partial charge in [0.1, 0.15) is 11.5 Å². The van der Waals surface area contributed by atoms with Crippen LogP contribution in [0.3, 0.4) is 0 Å². The summed E-state index contributed by atoms with van der Waals surface area (Å²) in [6.07, 6.45) is -1.00. The lowest BCUT2D eigenvalue weighted by molar-refractivity contribution is 0.0590. The molecule has 4 heteroatoms. The third kappa shape index (κ3) is 1.47. The molecule has 76 valence electrons. The predicted octanol–water partition coefficient (Wildman–Crippen LogP) is 0.289. The summed E-state index contributed by atoms with van der Waals surface area (Å²) in [5.41, 5.74) is 0.101. The minimum absolute atomic E-state index is 0.205. The summed E-state index contributed by atoms with van der Waals surface area (Å²) < 4.78 is 5.30. The number of aryl methyl sites for hydroxylation is 1. The van der Waals surface area contributed by atoms with Gasteiger partial charge in [0, 0.05) is 18.9 Å². The second-order valence-corrected chi connectivity index (χ2v) is 3.67. The summed E-state index contributed by atoms with van der Waals surface area (Å²) in [6.45, 7) is 1.68. The Hall–Kier alpha value is -1.13. The van der Waals surface area contributed by atoms with E-state index in [1.165, 1.54) is 6.07 Å². The largest absolute Gasteiger partial charge is 0.466 e. The van der Waals surface area contributed by atoms with Crippen LogP contribution in [0.2, 0.25) is 0 Å². The van der Waals surface area contributed by atoms with E-state index in [0.717, 1.165) is 0 Å². The van der Waals surface area contributed by atoms with Crippen LogP contribution in [0, 0.1) is 6.92 Å². The van der Waals surface area contributed by atoms with Crippen LogP contribution in [0.25, 0.3) is 0 Å². The Kier molecular flexibility index (Phi) is 2.17. The van der Waals surface area contributed by atoms with Gasteiger partial charge >= 0.3 is 0 Å². The van der Waals surface area contributed by atoms with Crippen LogP contribution in [0.1, 0.15) is 29.6 Å². The first-order valence-corrected chi connectivity index (χ1v) is 4.57. The van der Waals surface area contributed by atoms with Crippen LogP contribution >= 0.6 is 0 Å². The quantitative estimate of drug-likeness (QED) is 0.625. The fourth-order valence-corrected chi connectivity index (χ4v) is 1.85. The Bertz CT molecular complexity index is 407. The molecule has 0 bridgehead atoms. The fourth-order valence-electron chi connectivity index (χ4n) is 1.85. The first-order chi connectivity index (χ1) is 6.58. The molecule has 0 aromatic carbocycles. The predicted molar refractivity (Wildman–Crippen MR) is 49.0 cm³/mol. The van der Waals surface area contributed by atoms with E-state index >= 15 is 0 Å². The van der Waals surface area contributed by atoms with Gasteiger partial charge in [-0.15, -0.1) is 0 Å². The zero-order valence-corrected chi connectivity index (χ0v) is 7.86. The molecular formula is C10H12O4. The van der Waals surface area contributed by atoms with Gasteiger partial charge in [-0.25, -0.2) is 0 Å². The summed E-state index contributed by atoms with van der Waals surface area (Å²) in [5.74, 6) is 0.927. The van der Waals surface area contributed by atoms with E-state index in [9.17, 15) is 15.0 Å². The highest BCUT2D eigenvalue weighted by molar-refractivity contribution is 5.25. The van der Waals surface area contributed by atoms with Gasteiger partial charge in [0.25, 0.3) is 0 Å². The van der Waals surface area contributed by atoms with Crippen molar-refractivity contribution in [3.63, 3.8) is 0 Å². The molecule has 0 saturated heterocycles. The second-order valence-electron chi connectivity index (χ2n) is 3.67. The lowest BCUT2D eigenvalue weighted by Gasteiger charge is -2.23. The minimum atomic E-state index is -0.898. The van der Waals surface area contributed by atoms with Gasteiger partial charge in [0.05, 0.1) is 17.8 Å². The summed E-state index contributed by atoms with van der Waals surface area (Å²) in [7, 11) is 0. The lowest BCUT2D eigenvalue weighted by atomic mass is 9.92. The zero-order chi connectivity index (χ0) is 10.3. The molecule has 0 fully saturated rings. The van der Waals surface area contributed by atoms with Gasteiger partial charge in [-0.05, 0) is 6.92 Å². The van der Waals surface area contributed by atoms with E-state index in [-0.39, 0.29) is 11.8 Å². The number of aliphatic hydroxyl groups is 2. The van der Waals surface area contributed by atoms with Gasteiger partial charge in [0.15, 0.2) is 5.43 Å². The minimum Gasteiger partial charge on any atom is -0.466 e. The molecule has 2 rings (SSSR count). The smallest absolute Gasteiger partial charge is 0.191 e. The molecule has 0 radical (unpaired) electrons. The Morgan fingerprint density at radius 1 is 1.50 bits per heavy atom. The van der Waals surface area contributed by atoms with Crippen LogP contribution in [-0.2, 0) is 6.42 Å². The maximum Gasteiger partial charge on any atom is 0.191 e. The van der Waals surface area contributed by atoms with Crippen molar-refractivity contribution in [1.29, 1.82) is 0 Å². The highest BCUT2D eigenvalue weighted by atomic mass is 16.3. The summed E-state index contributed by atoms with van der Waals surface area (Å²) in [5, 5.41) is 19.0. The number of aliphatic hydroxyl groups excluding tert-OH is 2. The molecule has 1 heterocycles. The van der Waals surface area contributed by atoms with E-state index < -0.39 is 12.2 Å². The van der Waals surface area contributed by atoms with E-state index in [1.807, 2.05) is 0 Å². The molecule has 0 amide bonds. The molecule has 0 aliphatic heterocycles. The van der Waals surface area contributed by atoms with E-state index in [0.29, 0.717) is 23.5 Å². The van der Waals surface area contributed by atoms with Crippen molar-refractivity contribution in [3.05, 3.63) is 33.4 Å². The van der Waals surface area contributed by atoms with Crippen molar-refractivity contribution >= 4 is 0 Å². The van der Waals surface area contributed by atoms with Crippen molar-refractivity contribution in [3.8, 4) is 0 Å². The standard InChI is InChI=1S/C10H12O4/c1-5-2-7(12)10-8(13)3-6(11)4-9(10)14-5/h2,6,8,11,13H,3-4H2,1H3/t6-,8+/m0/s1. The lowest BCUT2D eigenvalue weighted by Crippen LogP contribution is -2.28. The number of hydrogen-bond donors (Lipinski definition) is 2. The molecule has 1 aromatic rings. The van der Waals surface area contributed by atoms with E-state index in [4.69, 9.17) is 4.42 Å². The van der Waals surface area contributed by atoms with Crippen molar-refractivity contribution in [2.24, 2.45) is 0 Å². The maximum atomic E-state index is 11.5. The summed E-state index contributed by atoms with van der Waals surface area (Å²) in [4.78, 5) is 11.5. The zero-order valence-electron chi connectivity index (χ0n) is 7.86. The average molecular weight is 196 g/mol. The topological polar surface area (TPSA) is 70.7 Å². The van der Waals surface area contributed by atoms with Gasteiger partial charge in [0.2, 0.25) is 0 Å². The van der Waals surface area contributed by atoms with Crippen molar-refractivity contribution in [1.82, 2.24) is 0 Å². The number of rotatable bonds is 0. The molecule has 4 nitrogen and oxygen atoms in total. The van der Waals surface area contributed by atoms with Gasteiger partial charge in [-0.2, -0.15) is 0 Å². The first-order valence-electron chi connectivity index (χ1n) is 4.57. The molecule has 0 saturated carbocycles. The fraction of sp³-hybridized carbons (Fsp3) is 0.500. The molecule has 1 aromatic heterocycles. The average Bonchev–Trinajstić information content (AvgIpc) is 1.99. The molecule has 0 spiro atoms. The van der Waals surface area contributed by atoms with Crippen LogP contribution in [0.5, 0.6) is 0 Å². The molecular weight excluding hydrogens is 184 g/mol. The Morgan fingerprint density at radius 2 is 2.21 bits per heavy atom. The molecule has 14 heavy (non-hydrogen) atoms. The maximum absolute atomic E-state index is 11.5. The SMILES string of the molecule is Cc1cc(=O)c2c(o1)C[C@@H](O)C[C@H]2O. The highest BCUT2D eigenvalue weighted by Gasteiger charge is 2.28. The van der Waals surface area contributed by atoms with Crippen LogP contribution < -0.4 is 5.43 Å². The second kappa shape index (κ2) is 3.22. The third-order valence-corrected chi connectivity index (χ3v) is 2.43. The van der Waals surface area contributed by atoms with Crippen LogP contribution in [0.4, 0.5) is 0 Å². The number of hydrogen-bond acceptors (Lipinski definition) is 4. The van der Waals surface area contributed by atoms with Crippen molar-refractivity contribution in [2.45, 2.75) is 32.0 Å². The van der Waals surface area contributed by atoms with Gasteiger partial charge in [-0.1, -0.05) is 0 Å². The third-order valence-electron chi connectivity index (χ3n) is 2.43. The monoisotopic (exact) mass is 196 g/mol. The molecule has 1 aliphatic carbocycles.